The predicted octanol–water partition coefficient (Wildman–Crippen LogP) is 2.81. The van der Waals surface area contributed by atoms with Gasteiger partial charge in [0.2, 0.25) is 0 Å². The highest BCUT2D eigenvalue weighted by molar-refractivity contribution is 7.91. The normalized spacial score (nSPS) is 19.9. The van der Waals surface area contributed by atoms with E-state index in [0.29, 0.717) is 0 Å². The first-order chi connectivity index (χ1) is 7.46. The van der Waals surface area contributed by atoms with Crippen LogP contribution in [-0.4, -0.2) is 14.7 Å². The van der Waals surface area contributed by atoms with Gasteiger partial charge >= 0.3 is 0 Å². The molecule has 0 unspecified atom stereocenters. The molecule has 1 aliphatic rings. The monoisotopic (exact) mass is 238 g/mol. The van der Waals surface area contributed by atoms with Crippen molar-refractivity contribution in [3.05, 3.63) is 35.4 Å². The zero-order valence-corrected chi connectivity index (χ0v) is 10.7. The van der Waals surface area contributed by atoms with Crippen LogP contribution in [0.3, 0.4) is 0 Å². The molecule has 0 bridgehead atoms. The molecule has 1 aliphatic carbocycles. The molecule has 1 aromatic carbocycles. The van der Waals surface area contributed by atoms with Crippen molar-refractivity contribution < 1.29 is 8.42 Å². The van der Waals surface area contributed by atoms with E-state index in [1.807, 2.05) is 31.2 Å². The second-order valence-electron chi connectivity index (χ2n) is 4.84. The Balaban J connectivity index is 2.53. The molecule has 0 spiro atoms. The van der Waals surface area contributed by atoms with Crippen LogP contribution in [0.25, 0.3) is 0 Å². The number of aryl methyl sites for hydroxylation is 1. The largest absolute Gasteiger partial charge is 0.228 e. The van der Waals surface area contributed by atoms with Crippen molar-refractivity contribution in [2.75, 3.05) is 6.26 Å². The Morgan fingerprint density at radius 1 is 1.06 bits per heavy atom. The SMILES string of the molecule is Cc1ccc(C2(S(C)(=O)=O)CCCC2)cc1. The van der Waals surface area contributed by atoms with E-state index >= 15 is 0 Å². The van der Waals surface area contributed by atoms with Gasteiger partial charge in [-0.25, -0.2) is 8.42 Å². The fraction of sp³-hybridized carbons (Fsp3) is 0.538. The molecule has 2 rings (SSSR count). The highest BCUT2D eigenvalue weighted by Gasteiger charge is 2.44. The summed E-state index contributed by atoms with van der Waals surface area (Å²) in [4.78, 5) is 0. The smallest absolute Gasteiger partial charge is 0.157 e. The lowest BCUT2D eigenvalue weighted by Crippen LogP contribution is -2.31. The second kappa shape index (κ2) is 3.88. The van der Waals surface area contributed by atoms with Gasteiger partial charge in [-0.3, -0.25) is 0 Å². The lowest BCUT2D eigenvalue weighted by Gasteiger charge is -2.27. The number of benzene rings is 1. The van der Waals surface area contributed by atoms with Crippen molar-refractivity contribution in [1.29, 1.82) is 0 Å². The van der Waals surface area contributed by atoms with Gasteiger partial charge in [-0.05, 0) is 25.3 Å². The van der Waals surface area contributed by atoms with Crippen molar-refractivity contribution >= 4 is 9.84 Å². The molecule has 88 valence electrons. The number of rotatable bonds is 2. The fourth-order valence-electron chi connectivity index (χ4n) is 2.68. The maximum Gasteiger partial charge on any atom is 0.157 e. The Morgan fingerprint density at radius 3 is 2.00 bits per heavy atom. The second-order valence-corrected chi connectivity index (χ2v) is 7.17. The third-order valence-corrected chi connectivity index (χ3v) is 5.76. The molecule has 0 aromatic heterocycles. The third kappa shape index (κ3) is 1.77. The van der Waals surface area contributed by atoms with Gasteiger partial charge < -0.3 is 0 Å². The Labute approximate surface area is 97.6 Å². The first kappa shape index (κ1) is 11.6. The van der Waals surface area contributed by atoms with Gasteiger partial charge in [0, 0.05) is 6.26 Å². The quantitative estimate of drug-likeness (QED) is 0.794. The number of hydrogen-bond acceptors (Lipinski definition) is 2. The summed E-state index contributed by atoms with van der Waals surface area (Å²) in [5.41, 5.74) is 2.14. The summed E-state index contributed by atoms with van der Waals surface area (Å²) in [7, 11) is -3.03. The Kier molecular flexibility index (Phi) is 2.82. The minimum Gasteiger partial charge on any atom is -0.228 e. The van der Waals surface area contributed by atoms with Crippen LogP contribution < -0.4 is 0 Å². The van der Waals surface area contributed by atoms with Crippen LogP contribution in [0.5, 0.6) is 0 Å². The van der Waals surface area contributed by atoms with E-state index in [9.17, 15) is 8.42 Å². The van der Waals surface area contributed by atoms with Crippen molar-refractivity contribution in [3.63, 3.8) is 0 Å². The van der Waals surface area contributed by atoms with E-state index in [1.54, 1.807) is 0 Å². The summed E-state index contributed by atoms with van der Waals surface area (Å²) in [5, 5.41) is 0. The zero-order chi connectivity index (χ0) is 11.8. The molecule has 16 heavy (non-hydrogen) atoms. The van der Waals surface area contributed by atoms with Crippen molar-refractivity contribution in [2.24, 2.45) is 0 Å². The number of sulfone groups is 1. The maximum absolute atomic E-state index is 12.0. The van der Waals surface area contributed by atoms with Gasteiger partial charge in [0.1, 0.15) is 0 Å². The summed E-state index contributed by atoms with van der Waals surface area (Å²) < 4.78 is 23.5. The summed E-state index contributed by atoms with van der Waals surface area (Å²) in [5.74, 6) is 0. The summed E-state index contributed by atoms with van der Waals surface area (Å²) in [6.45, 7) is 2.02. The van der Waals surface area contributed by atoms with E-state index in [-0.39, 0.29) is 0 Å². The van der Waals surface area contributed by atoms with Crippen LogP contribution in [0.2, 0.25) is 0 Å². The zero-order valence-electron chi connectivity index (χ0n) is 9.86. The molecule has 3 heteroatoms. The Hall–Kier alpha value is -0.830. The lowest BCUT2D eigenvalue weighted by molar-refractivity contribution is 0.529. The molecule has 1 aromatic rings. The van der Waals surface area contributed by atoms with Gasteiger partial charge in [-0.1, -0.05) is 42.7 Å². The Bertz CT molecular complexity index is 465. The van der Waals surface area contributed by atoms with Crippen molar-refractivity contribution in [1.82, 2.24) is 0 Å². The topological polar surface area (TPSA) is 34.1 Å². The Morgan fingerprint density at radius 2 is 1.56 bits per heavy atom. The summed E-state index contributed by atoms with van der Waals surface area (Å²) >= 11 is 0. The third-order valence-electron chi connectivity index (χ3n) is 3.70. The van der Waals surface area contributed by atoms with Crippen molar-refractivity contribution in [2.45, 2.75) is 37.4 Å². The average Bonchev–Trinajstić information content (AvgIpc) is 2.68. The highest BCUT2D eigenvalue weighted by atomic mass is 32.2. The van der Waals surface area contributed by atoms with E-state index in [0.717, 1.165) is 31.2 Å². The molecule has 1 saturated carbocycles. The first-order valence-electron chi connectivity index (χ1n) is 5.72. The van der Waals surface area contributed by atoms with Crippen LogP contribution in [0.4, 0.5) is 0 Å². The average molecular weight is 238 g/mol. The van der Waals surface area contributed by atoms with Gasteiger partial charge in [0.25, 0.3) is 0 Å². The van der Waals surface area contributed by atoms with Gasteiger partial charge in [0.05, 0.1) is 4.75 Å². The van der Waals surface area contributed by atoms with E-state index in [1.165, 1.54) is 11.8 Å². The molecule has 0 aliphatic heterocycles. The van der Waals surface area contributed by atoms with Gasteiger partial charge in [-0.2, -0.15) is 0 Å². The molecule has 0 N–H and O–H groups in total. The molecule has 2 nitrogen and oxygen atoms in total. The molecular formula is C13H18O2S. The van der Waals surface area contributed by atoms with E-state index in [2.05, 4.69) is 0 Å². The van der Waals surface area contributed by atoms with Gasteiger partial charge in [0.15, 0.2) is 9.84 Å². The minimum atomic E-state index is -3.03. The summed E-state index contributed by atoms with van der Waals surface area (Å²) in [6.07, 6.45) is 4.95. The maximum atomic E-state index is 12.0. The predicted molar refractivity (Wildman–Crippen MR) is 66.2 cm³/mol. The minimum absolute atomic E-state index is 0.610. The lowest BCUT2D eigenvalue weighted by atomic mass is 9.96. The molecule has 0 atom stereocenters. The molecule has 0 radical (unpaired) electrons. The molecule has 0 heterocycles. The van der Waals surface area contributed by atoms with Crippen LogP contribution in [0.1, 0.15) is 36.8 Å². The van der Waals surface area contributed by atoms with E-state index in [4.69, 9.17) is 0 Å². The summed E-state index contributed by atoms with van der Waals surface area (Å²) in [6, 6.07) is 7.95. The fourth-order valence-corrected chi connectivity index (χ4v) is 4.27. The standard InChI is InChI=1S/C13H18O2S/c1-11-5-7-12(8-6-11)13(16(2,14)15)9-3-4-10-13/h5-8H,3-4,9-10H2,1-2H3. The van der Waals surface area contributed by atoms with Crippen LogP contribution in [-0.2, 0) is 14.6 Å². The van der Waals surface area contributed by atoms with Gasteiger partial charge in [-0.15, -0.1) is 0 Å². The van der Waals surface area contributed by atoms with Crippen LogP contribution in [0.15, 0.2) is 24.3 Å². The van der Waals surface area contributed by atoms with Crippen LogP contribution in [0, 0.1) is 6.92 Å². The first-order valence-corrected chi connectivity index (χ1v) is 7.62. The van der Waals surface area contributed by atoms with E-state index < -0.39 is 14.6 Å². The van der Waals surface area contributed by atoms with Crippen LogP contribution >= 0.6 is 0 Å². The molecule has 1 fully saturated rings. The highest BCUT2D eigenvalue weighted by Crippen LogP contribution is 2.45. The molecule has 0 saturated heterocycles. The molecular weight excluding hydrogens is 220 g/mol. The molecule has 0 amide bonds. The number of hydrogen-bond donors (Lipinski definition) is 0. The van der Waals surface area contributed by atoms with Crippen molar-refractivity contribution in [3.8, 4) is 0 Å².